The molecule has 5 N–H and O–H groups in total. The molecule has 2 aromatic rings. The van der Waals surface area contributed by atoms with E-state index in [0.717, 1.165) is 18.2 Å². The lowest BCUT2D eigenvalue weighted by Gasteiger charge is -2.06. The number of ether oxygens (including phenoxy) is 1. The van der Waals surface area contributed by atoms with Crippen molar-refractivity contribution in [2.24, 2.45) is 10.7 Å². The lowest BCUT2D eigenvalue weighted by Crippen LogP contribution is -2.23. The van der Waals surface area contributed by atoms with E-state index in [1.165, 1.54) is 0 Å². The van der Waals surface area contributed by atoms with Crippen LogP contribution in [0.2, 0.25) is 0 Å². The molecule has 1 heterocycles. The molecule has 0 radical (unpaired) electrons. The summed E-state index contributed by atoms with van der Waals surface area (Å²) in [5.74, 6) is 0.833. The van der Waals surface area contributed by atoms with Gasteiger partial charge in [0, 0.05) is 24.9 Å². The van der Waals surface area contributed by atoms with Gasteiger partial charge in [-0.3, -0.25) is 10.1 Å². The van der Waals surface area contributed by atoms with Crippen molar-refractivity contribution in [3.63, 3.8) is 0 Å². The van der Waals surface area contributed by atoms with Gasteiger partial charge < -0.3 is 20.6 Å². The number of aliphatic imine (C=N–C) groups is 1. The first-order valence-electron chi connectivity index (χ1n) is 6.40. The van der Waals surface area contributed by atoms with Gasteiger partial charge in [0.2, 0.25) is 5.95 Å². The molecule has 0 spiro atoms. The molecule has 1 aromatic carbocycles. The number of imidazole rings is 1. The standard InChI is InChI=1S/C12H15N5O.C2H4O2/c1-18-10-5-3-2-4-9(10)8-16-11(13)17-12-14-6-7-15-12;1-2(3)4/h2-7H,8H2,1H3,(H4,13,14,15,16,17);1H3,(H,3,4). The molecule has 0 aliphatic heterocycles. The zero-order chi connectivity index (χ0) is 16.4. The number of carboxylic acid groups (broad SMARTS) is 1. The van der Waals surface area contributed by atoms with E-state index in [1.807, 2.05) is 24.3 Å². The second-order valence-corrected chi connectivity index (χ2v) is 4.10. The predicted molar refractivity (Wildman–Crippen MR) is 83.8 cm³/mol. The van der Waals surface area contributed by atoms with Crippen LogP contribution in [0.5, 0.6) is 5.75 Å². The molecule has 0 atom stereocenters. The summed E-state index contributed by atoms with van der Waals surface area (Å²) in [4.78, 5) is 20.1. The van der Waals surface area contributed by atoms with Crippen LogP contribution in [-0.2, 0) is 11.3 Å². The van der Waals surface area contributed by atoms with Crippen LogP contribution in [0.1, 0.15) is 12.5 Å². The van der Waals surface area contributed by atoms with Gasteiger partial charge in [0.05, 0.1) is 13.7 Å². The zero-order valence-electron chi connectivity index (χ0n) is 12.4. The maximum atomic E-state index is 9.00. The van der Waals surface area contributed by atoms with Crippen molar-refractivity contribution in [3.05, 3.63) is 42.2 Å². The minimum absolute atomic E-state index is 0.302. The maximum absolute atomic E-state index is 9.00. The Morgan fingerprint density at radius 1 is 1.50 bits per heavy atom. The van der Waals surface area contributed by atoms with Crippen LogP contribution in [0, 0.1) is 0 Å². The van der Waals surface area contributed by atoms with E-state index in [2.05, 4.69) is 20.3 Å². The number of aromatic amines is 1. The Hall–Kier alpha value is -3.03. The van der Waals surface area contributed by atoms with E-state index in [9.17, 15) is 0 Å². The van der Waals surface area contributed by atoms with Crippen molar-refractivity contribution >= 4 is 17.9 Å². The fourth-order valence-corrected chi connectivity index (χ4v) is 1.50. The molecule has 0 bridgehead atoms. The molecule has 0 aliphatic carbocycles. The Balaban J connectivity index is 0.000000541. The molecule has 0 unspecified atom stereocenters. The number of guanidine groups is 1. The molecule has 1 aromatic heterocycles. The Labute approximate surface area is 128 Å². The molecule has 0 saturated carbocycles. The third kappa shape index (κ3) is 6.42. The van der Waals surface area contributed by atoms with Crippen LogP contribution in [0.25, 0.3) is 0 Å². The van der Waals surface area contributed by atoms with Crippen molar-refractivity contribution < 1.29 is 14.6 Å². The van der Waals surface area contributed by atoms with Crippen LogP contribution in [0.15, 0.2) is 41.7 Å². The van der Waals surface area contributed by atoms with Crippen molar-refractivity contribution in [1.29, 1.82) is 0 Å². The molecule has 8 nitrogen and oxygen atoms in total. The van der Waals surface area contributed by atoms with Gasteiger partial charge in [0.15, 0.2) is 5.96 Å². The van der Waals surface area contributed by atoms with Gasteiger partial charge in [-0.15, -0.1) is 0 Å². The van der Waals surface area contributed by atoms with Crippen molar-refractivity contribution in [3.8, 4) is 5.75 Å². The number of aliphatic carboxylic acids is 1. The van der Waals surface area contributed by atoms with Crippen LogP contribution in [-0.4, -0.2) is 34.1 Å². The second kappa shape index (κ2) is 9.01. The minimum Gasteiger partial charge on any atom is -0.496 e. The number of benzene rings is 1. The van der Waals surface area contributed by atoms with Crippen LogP contribution in [0.3, 0.4) is 0 Å². The minimum atomic E-state index is -0.833. The van der Waals surface area contributed by atoms with Gasteiger partial charge in [-0.25, -0.2) is 9.98 Å². The summed E-state index contributed by atoms with van der Waals surface area (Å²) >= 11 is 0. The summed E-state index contributed by atoms with van der Waals surface area (Å²) < 4.78 is 5.23. The lowest BCUT2D eigenvalue weighted by molar-refractivity contribution is -0.134. The molecule has 22 heavy (non-hydrogen) atoms. The average Bonchev–Trinajstić information content (AvgIpc) is 2.97. The molecule has 0 fully saturated rings. The van der Waals surface area contributed by atoms with Gasteiger partial charge in [-0.1, -0.05) is 18.2 Å². The highest BCUT2D eigenvalue weighted by atomic mass is 16.5. The predicted octanol–water partition coefficient (Wildman–Crippen LogP) is 1.44. The fourth-order valence-electron chi connectivity index (χ4n) is 1.50. The molecule has 2 rings (SSSR count). The summed E-state index contributed by atoms with van der Waals surface area (Å²) in [5.41, 5.74) is 6.72. The van der Waals surface area contributed by atoms with Gasteiger partial charge >= 0.3 is 0 Å². The number of nitrogens with two attached hydrogens (primary N) is 1. The number of rotatable bonds is 4. The topological polar surface area (TPSA) is 126 Å². The first-order chi connectivity index (χ1) is 10.5. The molecular formula is C14H19N5O3. The summed E-state index contributed by atoms with van der Waals surface area (Å²) in [5, 5.41) is 10.3. The smallest absolute Gasteiger partial charge is 0.300 e. The number of para-hydroxylation sites is 1. The number of carbonyl (C=O) groups is 1. The Kier molecular flexibility index (Phi) is 6.97. The third-order valence-corrected chi connectivity index (χ3v) is 2.36. The number of methoxy groups -OCH3 is 1. The fraction of sp³-hybridized carbons (Fsp3) is 0.214. The van der Waals surface area contributed by atoms with Gasteiger partial charge in [-0.2, -0.15) is 0 Å². The number of nitrogens with one attached hydrogen (secondary N) is 2. The second-order valence-electron chi connectivity index (χ2n) is 4.10. The Morgan fingerprint density at radius 2 is 2.18 bits per heavy atom. The SMILES string of the molecule is CC(=O)O.COc1ccccc1CN=C(N)Nc1ncc[nH]1. The molecule has 118 valence electrons. The molecule has 0 amide bonds. The van der Waals surface area contributed by atoms with Gasteiger partial charge in [-0.05, 0) is 6.07 Å². The summed E-state index contributed by atoms with van der Waals surface area (Å²) in [6.45, 7) is 1.53. The summed E-state index contributed by atoms with van der Waals surface area (Å²) in [6, 6.07) is 7.68. The number of carboxylic acids is 1. The molecule has 0 saturated heterocycles. The molecule has 0 aliphatic rings. The van der Waals surface area contributed by atoms with E-state index in [0.29, 0.717) is 18.5 Å². The number of aromatic nitrogens is 2. The quantitative estimate of drug-likeness (QED) is 0.500. The van der Waals surface area contributed by atoms with Gasteiger partial charge in [0.1, 0.15) is 5.75 Å². The van der Waals surface area contributed by atoms with E-state index < -0.39 is 5.97 Å². The van der Waals surface area contributed by atoms with E-state index in [1.54, 1.807) is 19.5 Å². The number of H-pyrrole nitrogens is 1. The van der Waals surface area contributed by atoms with Crippen molar-refractivity contribution in [1.82, 2.24) is 9.97 Å². The Bertz CT molecular complexity index is 607. The average molecular weight is 305 g/mol. The third-order valence-electron chi connectivity index (χ3n) is 2.36. The highest BCUT2D eigenvalue weighted by Gasteiger charge is 2.01. The summed E-state index contributed by atoms with van der Waals surface area (Å²) in [6.07, 6.45) is 3.34. The highest BCUT2D eigenvalue weighted by molar-refractivity contribution is 5.90. The Morgan fingerprint density at radius 3 is 2.77 bits per heavy atom. The molecule has 8 heteroatoms. The van der Waals surface area contributed by atoms with Crippen LogP contribution in [0.4, 0.5) is 5.95 Å². The van der Waals surface area contributed by atoms with Crippen molar-refractivity contribution in [2.45, 2.75) is 13.5 Å². The number of hydrogen-bond donors (Lipinski definition) is 4. The van der Waals surface area contributed by atoms with Crippen molar-refractivity contribution in [2.75, 3.05) is 12.4 Å². The number of hydrogen-bond acceptors (Lipinski definition) is 4. The monoisotopic (exact) mass is 305 g/mol. The van der Waals surface area contributed by atoms with E-state index in [4.69, 9.17) is 20.4 Å². The largest absolute Gasteiger partial charge is 0.496 e. The first kappa shape index (κ1) is 17.0. The van der Waals surface area contributed by atoms with Gasteiger partial charge in [0.25, 0.3) is 5.97 Å². The van der Waals surface area contributed by atoms with Crippen LogP contribution < -0.4 is 15.8 Å². The summed E-state index contributed by atoms with van der Waals surface area (Å²) in [7, 11) is 1.63. The maximum Gasteiger partial charge on any atom is 0.300 e. The molecular weight excluding hydrogens is 286 g/mol. The number of nitrogens with zero attached hydrogens (tertiary/aromatic N) is 2. The first-order valence-corrected chi connectivity index (χ1v) is 6.40. The number of anilines is 1. The highest BCUT2D eigenvalue weighted by Crippen LogP contribution is 2.17. The van der Waals surface area contributed by atoms with Crippen LogP contribution >= 0.6 is 0 Å². The van der Waals surface area contributed by atoms with E-state index in [-0.39, 0.29) is 0 Å². The lowest BCUT2D eigenvalue weighted by atomic mass is 10.2. The zero-order valence-corrected chi connectivity index (χ0v) is 12.4. The van der Waals surface area contributed by atoms with E-state index >= 15 is 0 Å². The normalized spacial score (nSPS) is 10.4.